The molecule has 0 saturated heterocycles. The van der Waals surface area contributed by atoms with Gasteiger partial charge in [0.2, 0.25) is 11.8 Å². The van der Waals surface area contributed by atoms with Crippen molar-refractivity contribution < 1.29 is 28.8 Å². The predicted octanol–water partition coefficient (Wildman–Crippen LogP) is 8.19. The minimum Gasteiger partial charge on any atom is -0.384 e. The number of nitrogens with two attached hydrogens (primary N) is 2. The summed E-state index contributed by atoms with van der Waals surface area (Å²) in [6, 6.07) is 7.37. The van der Waals surface area contributed by atoms with Crippen molar-refractivity contribution in [3.8, 4) is 0 Å². The van der Waals surface area contributed by atoms with Gasteiger partial charge in [0, 0.05) is 36.8 Å². The van der Waals surface area contributed by atoms with Crippen LogP contribution in [-0.2, 0) is 25.7 Å². The van der Waals surface area contributed by atoms with Gasteiger partial charge in [-0.1, -0.05) is 54.1 Å². The number of carbonyl (C=O) groups excluding carboxylic acids is 6. The third-order valence-corrected chi connectivity index (χ3v) is 16.3. The van der Waals surface area contributed by atoms with Gasteiger partial charge in [0.15, 0.2) is 0 Å². The molecule has 0 unspecified atom stereocenters. The third-order valence-electron chi connectivity index (χ3n) is 14.2. The summed E-state index contributed by atoms with van der Waals surface area (Å²) < 4.78 is 3.73. The van der Waals surface area contributed by atoms with Crippen LogP contribution >= 0.6 is 66.7 Å². The average molecular weight is 1290 g/mol. The van der Waals surface area contributed by atoms with Crippen molar-refractivity contribution in [2.24, 2.45) is 17.6 Å². The van der Waals surface area contributed by atoms with E-state index in [2.05, 4.69) is 83.4 Å². The Kier molecular flexibility index (Phi) is 19.3. The number of amides is 5. The number of primary amides is 1. The number of halogens is 5. The number of rotatable bonds is 7. The molecular formula is C52H57Br2Cl3N14O9. The standard InChI is InChI=1S/C20H21ClN6O3.C12H12BrClN2O2.C8H10N4O.C6H4BrClN2O2.C6H10O/c21-12-8-13(24-14-9-15(23-10-22-14)25-17(28)11-4-5-11)19(30)27-16(12)18(29)26-20(27)6-2-1-3-7-20;13-7-6-8(14)9-10(17)15-12(16(9)11(7)18)4-2-1-3-5-12;9-6-3-7(11-4-10-6)12-8(13)5-1-2-5;7-2-1-3(8)4(5(9)11)10-6(2)12;7-6-4-2-1-3-5-6/h8-11H,1-7H2,(H,26,29)(H2,22,23,24,25,28);6H,1-5H2,(H,15,17);3-5H,1-2H2,(H3,9,10,11,12,13);1H,(H2,9,11)(H,10,12);1-5H2. The third kappa shape index (κ3) is 14.3. The van der Waals surface area contributed by atoms with Crippen molar-refractivity contribution in [2.75, 3.05) is 21.7 Å². The zero-order valence-corrected chi connectivity index (χ0v) is 48.5. The molecule has 5 aromatic heterocycles. The first-order valence-electron chi connectivity index (χ1n) is 26.1. The number of aromatic nitrogens is 7. The molecule has 5 amide bonds. The number of carbonyl (C=O) groups is 6. The maximum Gasteiger partial charge on any atom is 0.276 e. The Morgan fingerprint density at radius 2 is 1.05 bits per heavy atom. The highest BCUT2D eigenvalue weighted by Gasteiger charge is 2.47. The summed E-state index contributed by atoms with van der Waals surface area (Å²) in [4.78, 5) is 124. The first-order valence-corrected chi connectivity index (χ1v) is 28.8. The molecule has 2 aliphatic heterocycles. The van der Waals surface area contributed by atoms with Crippen LogP contribution < -0.4 is 54.7 Å². The summed E-state index contributed by atoms with van der Waals surface area (Å²) >= 11 is 24.3. The number of hydrogen-bond acceptors (Lipinski definition) is 15. The van der Waals surface area contributed by atoms with Crippen LogP contribution in [0.25, 0.3) is 0 Å². The maximum absolute atomic E-state index is 13.3. The van der Waals surface area contributed by atoms with Gasteiger partial charge in [0.05, 0.1) is 24.0 Å². The highest BCUT2D eigenvalue weighted by Crippen LogP contribution is 2.40. The molecule has 5 fully saturated rings. The molecular weight excluding hydrogens is 1230 g/mol. The van der Waals surface area contributed by atoms with Gasteiger partial charge in [0.25, 0.3) is 34.4 Å². The van der Waals surface area contributed by atoms with Crippen molar-refractivity contribution in [1.82, 2.24) is 44.7 Å². The van der Waals surface area contributed by atoms with Gasteiger partial charge >= 0.3 is 0 Å². The molecule has 23 nitrogen and oxygen atoms in total. The lowest BCUT2D eigenvalue weighted by Crippen LogP contribution is -2.48. The van der Waals surface area contributed by atoms with E-state index < -0.39 is 22.8 Å². The number of anilines is 5. The number of nitrogen functional groups attached to an aromatic ring is 1. The highest BCUT2D eigenvalue weighted by atomic mass is 79.9. The molecule has 2 spiro atoms. The molecule has 0 radical (unpaired) electrons. The van der Waals surface area contributed by atoms with E-state index in [0.29, 0.717) is 57.1 Å². The fourth-order valence-corrected chi connectivity index (χ4v) is 11.7. The minimum atomic E-state index is -0.760. The lowest BCUT2D eigenvalue weighted by molar-refractivity contribution is -0.120. The fraction of sp³-hybridized carbons (Fsp3) is 0.442. The van der Waals surface area contributed by atoms with Gasteiger partial charge < -0.3 is 43.0 Å². The largest absolute Gasteiger partial charge is 0.384 e. The topological polar surface area (TPSA) is 343 Å². The van der Waals surface area contributed by atoms with E-state index in [-0.39, 0.29) is 78.2 Å². The maximum atomic E-state index is 13.3. The average Bonchev–Trinajstić information content (AvgIpc) is 4.53. The number of H-pyrrole nitrogens is 1. The van der Waals surface area contributed by atoms with Gasteiger partial charge in [-0.15, -0.1) is 0 Å². The van der Waals surface area contributed by atoms with E-state index in [1.54, 1.807) is 16.7 Å². The Morgan fingerprint density at radius 3 is 1.54 bits per heavy atom. The molecule has 0 bridgehead atoms. The summed E-state index contributed by atoms with van der Waals surface area (Å²) in [5, 5.41) is 15.0. The first-order chi connectivity index (χ1) is 38.2. The zero-order valence-electron chi connectivity index (χ0n) is 43.0. The SMILES string of the molecule is NC(=O)c1[nH]c(=O)c(Br)cc1Cl.Nc1cc(NC(=O)C2CC2)ncn1.O=C1CCCCC1.O=C1NC2(CCCCC2)n2c1c(Cl)cc(Br)c2=O.O=C1NC2(CCCCC2)n2c1c(Cl)cc(Nc1cc(NC(=O)C3CC3)ncn1)c2=O. The first kappa shape index (κ1) is 59.6. The Balaban J connectivity index is 0.000000143. The van der Waals surface area contributed by atoms with E-state index in [0.717, 1.165) is 103 Å². The lowest BCUT2D eigenvalue weighted by Gasteiger charge is -2.35. The normalized spacial score (nSPS) is 17.9. The van der Waals surface area contributed by atoms with Crippen LogP contribution in [0.1, 0.15) is 153 Å². The second-order valence-electron chi connectivity index (χ2n) is 20.2. The quantitative estimate of drug-likeness (QED) is 0.0761. The predicted molar refractivity (Wildman–Crippen MR) is 307 cm³/mol. The number of pyridine rings is 3. The fourth-order valence-electron chi connectivity index (χ4n) is 9.92. The van der Waals surface area contributed by atoms with Crippen molar-refractivity contribution in [1.29, 1.82) is 0 Å². The molecule has 0 aromatic carbocycles. The molecule has 80 heavy (non-hydrogen) atoms. The van der Waals surface area contributed by atoms with Crippen LogP contribution in [0.4, 0.5) is 29.0 Å². The number of nitrogens with one attached hydrogen (secondary N) is 6. The molecule has 12 rings (SSSR count). The highest BCUT2D eigenvalue weighted by molar-refractivity contribution is 9.10. The van der Waals surface area contributed by atoms with E-state index >= 15 is 0 Å². The van der Waals surface area contributed by atoms with Crippen LogP contribution in [0.15, 0.2) is 66.3 Å². The number of ketones is 1. The lowest BCUT2D eigenvalue weighted by atomic mass is 9.89. The van der Waals surface area contributed by atoms with Crippen LogP contribution in [0.3, 0.4) is 0 Å². The van der Waals surface area contributed by atoms with Gasteiger partial charge in [-0.25, -0.2) is 19.9 Å². The molecule has 424 valence electrons. The van der Waals surface area contributed by atoms with Crippen molar-refractivity contribution in [3.63, 3.8) is 0 Å². The number of Topliss-reactive ketones (excluding diaryl/α,β-unsaturated/α-hetero) is 1. The molecule has 10 N–H and O–H groups in total. The molecule has 5 aromatic rings. The van der Waals surface area contributed by atoms with Crippen molar-refractivity contribution >= 4 is 131 Å². The van der Waals surface area contributed by atoms with Crippen LogP contribution in [0.2, 0.25) is 15.1 Å². The molecule has 7 heterocycles. The van der Waals surface area contributed by atoms with Crippen molar-refractivity contribution in [2.45, 2.75) is 133 Å². The van der Waals surface area contributed by atoms with Crippen LogP contribution in [-0.4, -0.2) is 69.4 Å². The summed E-state index contributed by atoms with van der Waals surface area (Å²) in [6.07, 6.45) is 20.7. The number of fused-ring (bicyclic) bond motifs is 4. The summed E-state index contributed by atoms with van der Waals surface area (Å²) in [5.41, 5.74) is 8.74. The van der Waals surface area contributed by atoms with Gasteiger partial charge in [0.1, 0.15) is 75.8 Å². The monoisotopic (exact) mass is 1280 g/mol. The number of aromatic amines is 1. The second kappa shape index (κ2) is 25.9. The number of nitrogens with zero attached hydrogens (tertiary/aromatic N) is 6. The van der Waals surface area contributed by atoms with Crippen LogP contribution in [0, 0.1) is 11.8 Å². The van der Waals surface area contributed by atoms with Crippen molar-refractivity contribution in [3.05, 3.63) is 115 Å². The van der Waals surface area contributed by atoms with E-state index in [1.807, 2.05) is 0 Å². The smallest absolute Gasteiger partial charge is 0.276 e. The Labute approximate surface area is 489 Å². The summed E-state index contributed by atoms with van der Waals surface area (Å²) in [5.74, 6) is 0.870. The van der Waals surface area contributed by atoms with Gasteiger partial charge in [-0.2, -0.15) is 0 Å². The summed E-state index contributed by atoms with van der Waals surface area (Å²) in [7, 11) is 0. The van der Waals surface area contributed by atoms with E-state index in [1.165, 1.54) is 41.8 Å². The minimum absolute atomic E-state index is 0.0260. The number of hydrogen-bond donors (Lipinski definition) is 8. The zero-order chi connectivity index (χ0) is 57.5. The van der Waals surface area contributed by atoms with E-state index in [9.17, 15) is 43.2 Å². The molecule has 28 heteroatoms. The van der Waals surface area contributed by atoms with E-state index in [4.69, 9.17) is 46.3 Å². The molecule has 0 atom stereocenters. The second-order valence-corrected chi connectivity index (χ2v) is 23.1. The molecule has 5 saturated carbocycles. The molecule has 5 aliphatic carbocycles. The Bertz CT molecular complexity index is 3420. The Morgan fingerprint density at radius 1 is 0.588 bits per heavy atom. The Hall–Kier alpha value is -6.54. The van der Waals surface area contributed by atoms with Gasteiger partial charge in [-0.3, -0.25) is 52.3 Å². The van der Waals surface area contributed by atoms with Gasteiger partial charge in [-0.05, 0) is 140 Å². The molecule has 7 aliphatic rings. The summed E-state index contributed by atoms with van der Waals surface area (Å²) in [6.45, 7) is 0. The van der Waals surface area contributed by atoms with Crippen LogP contribution in [0.5, 0.6) is 0 Å².